The van der Waals surface area contributed by atoms with Gasteiger partial charge in [-0.1, -0.05) is 17.7 Å². The number of halogens is 1. The summed E-state index contributed by atoms with van der Waals surface area (Å²) in [5, 5.41) is 0.788. The third-order valence-corrected chi connectivity index (χ3v) is 6.80. The Morgan fingerprint density at radius 1 is 1.29 bits per heavy atom. The predicted molar refractivity (Wildman–Crippen MR) is 124 cm³/mol. The van der Waals surface area contributed by atoms with Gasteiger partial charge < -0.3 is 15.5 Å². The Morgan fingerprint density at radius 3 is 2.84 bits per heavy atom. The topological polar surface area (TPSA) is 92.4 Å². The summed E-state index contributed by atoms with van der Waals surface area (Å²) in [5.74, 6) is 0.189. The molecule has 160 valence electrons. The van der Waals surface area contributed by atoms with Crippen molar-refractivity contribution in [2.24, 2.45) is 0 Å². The van der Waals surface area contributed by atoms with Crippen LogP contribution in [-0.2, 0) is 16.1 Å². The Labute approximate surface area is 189 Å². The zero-order valence-corrected chi connectivity index (χ0v) is 18.8. The summed E-state index contributed by atoms with van der Waals surface area (Å²) < 4.78 is 0.676. The number of thiophene rings is 1. The Hall–Kier alpha value is -2.97. The number of carbonyl (C=O) groups is 2. The highest BCUT2D eigenvalue weighted by Crippen LogP contribution is 2.28. The average molecular weight is 456 g/mol. The van der Waals surface area contributed by atoms with Gasteiger partial charge in [-0.15, -0.1) is 11.3 Å². The second-order valence-corrected chi connectivity index (χ2v) is 9.22. The Kier molecular flexibility index (Phi) is 5.93. The van der Waals surface area contributed by atoms with E-state index in [1.807, 2.05) is 31.2 Å². The van der Waals surface area contributed by atoms with Gasteiger partial charge in [-0.05, 0) is 49.2 Å². The van der Waals surface area contributed by atoms with E-state index in [1.54, 1.807) is 28.9 Å². The molecule has 1 saturated heterocycles. The molecule has 0 radical (unpaired) electrons. The van der Waals surface area contributed by atoms with Crippen LogP contribution < -0.4 is 5.73 Å². The standard InChI is InChI=1S/C22H22ClN5O2S/c1-13(18-5-6-19(23)31-18)9-20(29)28-8-7-27(22(30)14(28)2)11-15-3-4-16-17(10-15)25-12-26-21(16)24/h3-6,9-10,12,14H,7-8,11H2,1-2H3,(H2,24,25,26)/t14-/m0/s1. The average Bonchev–Trinajstić information content (AvgIpc) is 3.18. The van der Waals surface area contributed by atoms with Crippen LogP contribution in [0.25, 0.3) is 16.5 Å². The maximum absolute atomic E-state index is 13.0. The second-order valence-electron chi connectivity index (χ2n) is 7.51. The number of nitrogens with two attached hydrogens (primary N) is 1. The van der Waals surface area contributed by atoms with Gasteiger partial charge in [-0.3, -0.25) is 9.59 Å². The van der Waals surface area contributed by atoms with E-state index in [-0.39, 0.29) is 11.8 Å². The van der Waals surface area contributed by atoms with Crippen LogP contribution in [-0.4, -0.2) is 50.7 Å². The molecule has 0 aliphatic carbocycles. The van der Waals surface area contributed by atoms with Crippen molar-refractivity contribution < 1.29 is 9.59 Å². The van der Waals surface area contributed by atoms with E-state index < -0.39 is 6.04 Å². The minimum Gasteiger partial charge on any atom is -0.383 e. The van der Waals surface area contributed by atoms with Crippen molar-refractivity contribution in [3.05, 3.63) is 57.5 Å². The van der Waals surface area contributed by atoms with Gasteiger partial charge in [0.15, 0.2) is 0 Å². The van der Waals surface area contributed by atoms with Crippen molar-refractivity contribution >= 4 is 57.0 Å². The van der Waals surface area contributed by atoms with Gasteiger partial charge in [0.05, 0.1) is 9.85 Å². The Bertz CT molecular complexity index is 1190. The van der Waals surface area contributed by atoms with Crippen LogP contribution in [0.4, 0.5) is 5.82 Å². The first-order chi connectivity index (χ1) is 14.8. The number of allylic oxidation sites excluding steroid dienone is 1. The lowest BCUT2D eigenvalue weighted by Gasteiger charge is -2.38. The number of nitrogen functional groups attached to an aromatic ring is 1. The highest BCUT2D eigenvalue weighted by molar-refractivity contribution is 7.17. The molecule has 2 amide bonds. The number of hydrogen-bond acceptors (Lipinski definition) is 6. The lowest BCUT2D eigenvalue weighted by molar-refractivity contribution is -0.148. The molecule has 2 aromatic heterocycles. The quantitative estimate of drug-likeness (QED) is 0.607. The minimum absolute atomic E-state index is 0.0767. The van der Waals surface area contributed by atoms with Crippen LogP contribution in [0.3, 0.4) is 0 Å². The number of carbonyl (C=O) groups excluding carboxylic acids is 2. The fourth-order valence-electron chi connectivity index (χ4n) is 3.70. The highest BCUT2D eigenvalue weighted by atomic mass is 35.5. The maximum atomic E-state index is 13.0. The van der Waals surface area contributed by atoms with E-state index in [4.69, 9.17) is 17.3 Å². The van der Waals surface area contributed by atoms with E-state index in [0.29, 0.717) is 29.8 Å². The summed E-state index contributed by atoms with van der Waals surface area (Å²) in [6, 6.07) is 8.88. The van der Waals surface area contributed by atoms with Crippen molar-refractivity contribution in [2.75, 3.05) is 18.8 Å². The first kappa shape index (κ1) is 21.3. The van der Waals surface area contributed by atoms with Gasteiger partial charge in [0.25, 0.3) is 0 Å². The zero-order valence-electron chi connectivity index (χ0n) is 17.2. The molecule has 1 atom stereocenters. The van der Waals surface area contributed by atoms with E-state index >= 15 is 0 Å². The van der Waals surface area contributed by atoms with E-state index in [9.17, 15) is 9.59 Å². The molecule has 0 bridgehead atoms. The number of hydrogen-bond donors (Lipinski definition) is 1. The van der Waals surface area contributed by atoms with Crippen molar-refractivity contribution in [2.45, 2.75) is 26.4 Å². The summed E-state index contributed by atoms with van der Waals surface area (Å²) in [5.41, 5.74) is 8.42. The number of fused-ring (bicyclic) bond motifs is 1. The lowest BCUT2D eigenvalue weighted by Crippen LogP contribution is -2.56. The molecule has 9 heteroatoms. The van der Waals surface area contributed by atoms with Crippen molar-refractivity contribution in [3.63, 3.8) is 0 Å². The normalized spacial score (nSPS) is 17.5. The van der Waals surface area contributed by atoms with E-state index in [0.717, 1.165) is 26.9 Å². The molecular weight excluding hydrogens is 434 g/mol. The monoisotopic (exact) mass is 455 g/mol. The molecule has 3 heterocycles. The number of nitrogens with zero attached hydrogens (tertiary/aromatic N) is 4. The van der Waals surface area contributed by atoms with Crippen LogP contribution >= 0.6 is 22.9 Å². The summed E-state index contributed by atoms with van der Waals surface area (Å²) in [7, 11) is 0. The number of benzene rings is 1. The lowest BCUT2D eigenvalue weighted by atomic mass is 10.1. The predicted octanol–water partition coefficient (Wildman–Crippen LogP) is 3.59. The van der Waals surface area contributed by atoms with Gasteiger partial charge in [-0.2, -0.15) is 0 Å². The van der Waals surface area contributed by atoms with Gasteiger partial charge in [0.2, 0.25) is 11.8 Å². The van der Waals surface area contributed by atoms with Gasteiger partial charge >= 0.3 is 0 Å². The molecule has 0 unspecified atom stereocenters. The Balaban J connectivity index is 1.45. The molecule has 2 N–H and O–H groups in total. The third-order valence-electron chi connectivity index (χ3n) is 5.44. The molecule has 0 spiro atoms. The molecule has 4 rings (SSSR count). The number of aromatic nitrogens is 2. The molecule has 0 saturated carbocycles. The summed E-state index contributed by atoms with van der Waals surface area (Å²) >= 11 is 7.41. The highest BCUT2D eigenvalue weighted by Gasteiger charge is 2.33. The SMILES string of the molecule is CC(=CC(=O)N1CCN(Cc2ccc3c(N)ncnc3c2)C(=O)[C@@H]1C)c1ccc(Cl)s1. The first-order valence-corrected chi connectivity index (χ1v) is 11.1. The smallest absolute Gasteiger partial charge is 0.247 e. The molecule has 1 aliphatic rings. The van der Waals surface area contributed by atoms with Crippen molar-refractivity contribution in [3.8, 4) is 0 Å². The maximum Gasteiger partial charge on any atom is 0.247 e. The number of rotatable bonds is 4. The van der Waals surface area contributed by atoms with Crippen LogP contribution in [0.5, 0.6) is 0 Å². The van der Waals surface area contributed by atoms with Gasteiger partial charge in [0, 0.05) is 36.0 Å². The molecule has 31 heavy (non-hydrogen) atoms. The largest absolute Gasteiger partial charge is 0.383 e. The molecule has 1 aliphatic heterocycles. The van der Waals surface area contributed by atoms with Crippen molar-refractivity contribution in [1.29, 1.82) is 0 Å². The molecule has 1 fully saturated rings. The third kappa shape index (κ3) is 4.40. The second kappa shape index (κ2) is 8.64. The van der Waals surface area contributed by atoms with E-state index in [1.165, 1.54) is 17.7 Å². The van der Waals surface area contributed by atoms with Gasteiger partial charge in [0.1, 0.15) is 18.2 Å². The fourth-order valence-corrected chi connectivity index (χ4v) is 4.71. The van der Waals surface area contributed by atoms with Gasteiger partial charge in [-0.25, -0.2) is 9.97 Å². The van der Waals surface area contributed by atoms with Crippen LogP contribution in [0.15, 0.2) is 42.7 Å². The van der Waals surface area contributed by atoms with Crippen molar-refractivity contribution in [1.82, 2.24) is 19.8 Å². The molecule has 1 aromatic carbocycles. The first-order valence-electron chi connectivity index (χ1n) is 9.86. The summed E-state index contributed by atoms with van der Waals surface area (Å²) in [6.07, 6.45) is 3.01. The molecule has 3 aromatic rings. The Morgan fingerprint density at radius 2 is 2.10 bits per heavy atom. The number of piperazine rings is 1. The number of amides is 2. The van der Waals surface area contributed by atoms with Crippen LogP contribution in [0, 0.1) is 0 Å². The summed E-state index contributed by atoms with van der Waals surface area (Å²) in [4.78, 5) is 38.4. The zero-order chi connectivity index (χ0) is 22.1. The molecule has 7 nitrogen and oxygen atoms in total. The van der Waals surface area contributed by atoms with Crippen LogP contribution in [0.1, 0.15) is 24.3 Å². The van der Waals surface area contributed by atoms with E-state index in [2.05, 4.69) is 9.97 Å². The number of anilines is 1. The molecular formula is C22H22ClN5O2S. The summed E-state index contributed by atoms with van der Waals surface area (Å²) in [6.45, 7) is 5.04. The van der Waals surface area contributed by atoms with Crippen LogP contribution in [0.2, 0.25) is 4.34 Å². The fraction of sp³-hybridized carbons (Fsp3) is 0.273. The minimum atomic E-state index is -0.532.